The van der Waals surface area contributed by atoms with Crippen molar-refractivity contribution in [2.75, 3.05) is 37.6 Å². The summed E-state index contributed by atoms with van der Waals surface area (Å²) in [7, 11) is 0. The first kappa shape index (κ1) is 18.4. The lowest BCUT2D eigenvalue weighted by Gasteiger charge is -2.38. The van der Waals surface area contributed by atoms with Crippen LogP contribution in [0.5, 0.6) is 0 Å². The van der Waals surface area contributed by atoms with Gasteiger partial charge in [0.1, 0.15) is 11.9 Å². The molecule has 4 nitrogen and oxygen atoms in total. The molecular formula is C22H28FN3O. The largest absolute Gasteiger partial charge is 0.384 e. The highest BCUT2D eigenvalue weighted by Crippen LogP contribution is 2.33. The van der Waals surface area contributed by atoms with E-state index in [1.165, 1.54) is 38.3 Å². The minimum atomic E-state index is -0.874. The van der Waals surface area contributed by atoms with Crippen molar-refractivity contribution in [3.05, 3.63) is 59.7 Å². The molecule has 5 heteroatoms. The smallest absolute Gasteiger partial charge is 0.146 e. The Morgan fingerprint density at radius 1 is 1.07 bits per heavy atom. The maximum absolute atomic E-state index is 14.8. The van der Waals surface area contributed by atoms with Gasteiger partial charge in [0.25, 0.3) is 0 Å². The van der Waals surface area contributed by atoms with E-state index in [1.807, 2.05) is 12.1 Å². The number of halogens is 1. The number of rotatable bonds is 5. The zero-order valence-electron chi connectivity index (χ0n) is 15.7. The summed E-state index contributed by atoms with van der Waals surface area (Å²) in [6.45, 7) is 4.66. The topological polar surface area (TPSA) is 39.6 Å². The van der Waals surface area contributed by atoms with Gasteiger partial charge in [-0.15, -0.1) is 0 Å². The zero-order chi connectivity index (χ0) is 18.6. The normalized spacial score (nSPS) is 20.1. The third-order valence-corrected chi connectivity index (χ3v) is 5.99. The molecule has 2 fully saturated rings. The lowest BCUT2D eigenvalue weighted by atomic mass is 9.99. The van der Waals surface area contributed by atoms with Crippen molar-refractivity contribution in [1.82, 2.24) is 9.88 Å². The maximum Gasteiger partial charge on any atom is 0.146 e. The Balaban J connectivity index is 1.49. The van der Waals surface area contributed by atoms with Crippen LogP contribution >= 0.6 is 0 Å². The second kappa shape index (κ2) is 8.36. The number of hydrogen-bond donors (Lipinski definition) is 1. The molecule has 2 aromatic rings. The second-order valence-corrected chi connectivity index (χ2v) is 7.80. The summed E-state index contributed by atoms with van der Waals surface area (Å²) >= 11 is 0. The molecule has 1 saturated carbocycles. The molecule has 27 heavy (non-hydrogen) atoms. The van der Waals surface area contributed by atoms with E-state index in [-0.39, 0.29) is 5.82 Å². The lowest BCUT2D eigenvalue weighted by Crippen LogP contribution is -2.48. The summed E-state index contributed by atoms with van der Waals surface area (Å²) < 4.78 is 14.8. The SMILES string of the molecule is OC(c1cccnc1)c1cccc(F)c1N1CCN(CC2CCCC2)CC1. The molecule has 0 bridgehead atoms. The molecule has 1 aliphatic carbocycles. The quantitative estimate of drug-likeness (QED) is 0.874. The number of pyridine rings is 1. The average Bonchev–Trinajstić information content (AvgIpc) is 3.22. The van der Waals surface area contributed by atoms with E-state index in [1.54, 1.807) is 24.5 Å². The van der Waals surface area contributed by atoms with Gasteiger partial charge in [-0.25, -0.2) is 4.39 Å². The molecule has 1 aliphatic heterocycles. The van der Waals surface area contributed by atoms with E-state index in [9.17, 15) is 9.50 Å². The highest BCUT2D eigenvalue weighted by atomic mass is 19.1. The van der Waals surface area contributed by atoms with E-state index < -0.39 is 6.10 Å². The molecule has 1 aromatic heterocycles. The molecule has 2 heterocycles. The minimum Gasteiger partial charge on any atom is -0.384 e. The number of aliphatic hydroxyl groups excluding tert-OH is 1. The molecule has 1 N–H and O–H groups in total. The monoisotopic (exact) mass is 369 g/mol. The average molecular weight is 369 g/mol. The number of hydrogen-bond acceptors (Lipinski definition) is 4. The molecule has 0 radical (unpaired) electrons. The van der Waals surface area contributed by atoms with Gasteiger partial charge in [0.05, 0.1) is 5.69 Å². The van der Waals surface area contributed by atoms with Gasteiger partial charge >= 0.3 is 0 Å². The first-order chi connectivity index (χ1) is 13.2. The first-order valence-corrected chi connectivity index (χ1v) is 10.1. The highest BCUT2D eigenvalue weighted by molar-refractivity contribution is 5.58. The van der Waals surface area contributed by atoms with Crippen LogP contribution in [0.2, 0.25) is 0 Å². The first-order valence-electron chi connectivity index (χ1n) is 10.1. The van der Waals surface area contributed by atoms with Gasteiger partial charge in [0, 0.05) is 56.2 Å². The summed E-state index contributed by atoms with van der Waals surface area (Å²) in [4.78, 5) is 8.69. The maximum atomic E-state index is 14.8. The summed E-state index contributed by atoms with van der Waals surface area (Å²) in [5, 5.41) is 10.8. The van der Waals surface area contributed by atoms with E-state index in [0.29, 0.717) is 16.8 Å². The second-order valence-electron chi connectivity index (χ2n) is 7.80. The van der Waals surface area contributed by atoms with Crippen molar-refractivity contribution in [2.45, 2.75) is 31.8 Å². The van der Waals surface area contributed by atoms with Crippen LogP contribution in [0.4, 0.5) is 10.1 Å². The van der Waals surface area contributed by atoms with E-state index in [2.05, 4.69) is 14.8 Å². The Bertz CT molecular complexity index is 740. The van der Waals surface area contributed by atoms with Crippen LogP contribution in [-0.4, -0.2) is 47.7 Å². The fourth-order valence-corrected chi connectivity index (χ4v) is 4.52. The van der Waals surface area contributed by atoms with E-state index in [0.717, 1.165) is 32.1 Å². The van der Waals surface area contributed by atoms with Gasteiger partial charge in [-0.3, -0.25) is 9.88 Å². The number of para-hydroxylation sites is 1. The van der Waals surface area contributed by atoms with Crippen molar-refractivity contribution in [3.63, 3.8) is 0 Å². The van der Waals surface area contributed by atoms with Crippen LogP contribution in [0.25, 0.3) is 0 Å². The fourth-order valence-electron chi connectivity index (χ4n) is 4.52. The molecule has 1 aromatic carbocycles. The Hall–Kier alpha value is -1.98. The molecule has 1 saturated heterocycles. The van der Waals surface area contributed by atoms with Gasteiger partial charge < -0.3 is 10.0 Å². The van der Waals surface area contributed by atoms with Crippen molar-refractivity contribution < 1.29 is 9.50 Å². The third kappa shape index (κ3) is 4.14. The van der Waals surface area contributed by atoms with E-state index >= 15 is 0 Å². The summed E-state index contributed by atoms with van der Waals surface area (Å²) in [5.74, 6) is 0.577. The number of aromatic nitrogens is 1. The highest BCUT2D eigenvalue weighted by Gasteiger charge is 2.26. The van der Waals surface area contributed by atoms with Crippen LogP contribution in [0, 0.1) is 11.7 Å². The van der Waals surface area contributed by atoms with Crippen LogP contribution in [0.1, 0.15) is 42.9 Å². The van der Waals surface area contributed by atoms with Gasteiger partial charge in [-0.2, -0.15) is 0 Å². The molecule has 1 unspecified atom stereocenters. The molecular weight excluding hydrogens is 341 g/mol. The summed E-state index contributed by atoms with van der Waals surface area (Å²) in [6.07, 6.45) is 7.89. The predicted molar refractivity (Wildman–Crippen MR) is 105 cm³/mol. The standard InChI is InChI=1S/C22H28FN3O/c23-20-9-3-8-19(22(27)18-7-4-10-24-15-18)21(20)26-13-11-25(12-14-26)16-17-5-1-2-6-17/h3-4,7-10,15,17,22,27H,1-2,5-6,11-14,16H2. The van der Waals surface area contributed by atoms with Gasteiger partial charge in [0.2, 0.25) is 0 Å². The minimum absolute atomic E-state index is 0.264. The van der Waals surface area contributed by atoms with E-state index in [4.69, 9.17) is 0 Å². The van der Waals surface area contributed by atoms with Crippen LogP contribution in [0.3, 0.4) is 0 Å². The fraction of sp³-hybridized carbons (Fsp3) is 0.500. The summed E-state index contributed by atoms with van der Waals surface area (Å²) in [5.41, 5.74) is 1.84. The Kier molecular flexibility index (Phi) is 5.69. The third-order valence-electron chi connectivity index (χ3n) is 5.99. The van der Waals surface area contributed by atoms with Crippen LogP contribution < -0.4 is 4.90 Å². The number of nitrogens with zero attached hydrogens (tertiary/aromatic N) is 3. The van der Waals surface area contributed by atoms with Crippen LogP contribution in [-0.2, 0) is 0 Å². The summed E-state index contributed by atoms with van der Waals surface area (Å²) in [6, 6.07) is 8.59. The lowest BCUT2D eigenvalue weighted by molar-refractivity contribution is 0.212. The molecule has 144 valence electrons. The Labute approximate surface area is 160 Å². The Morgan fingerprint density at radius 2 is 1.85 bits per heavy atom. The van der Waals surface area contributed by atoms with Gasteiger partial charge in [0.15, 0.2) is 0 Å². The van der Waals surface area contributed by atoms with Gasteiger partial charge in [-0.1, -0.05) is 31.0 Å². The number of benzene rings is 1. The van der Waals surface area contributed by atoms with Crippen molar-refractivity contribution in [2.24, 2.45) is 5.92 Å². The number of piperazine rings is 1. The van der Waals surface area contributed by atoms with Gasteiger partial charge in [-0.05, 0) is 30.9 Å². The molecule has 4 rings (SSSR count). The number of aliphatic hydroxyl groups is 1. The molecule has 1 atom stereocenters. The zero-order valence-corrected chi connectivity index (χ0v) is 15.7. The molecule has 0 amide bonds. The molecule has 2 aliphatic rings. The Morgan fingerprint density at radius 3 is 2.56 bits per heavy atom. The predicted octanol–water partition coefficient (Wildman–Crippen LogP) is 3.61. The number of anilines is 1. The van der Waals surface area contributed by atoms with Crippen molar-refractivity contribution >= 4 is 5.69 Å². The molecule has 0 spiro atoms. The van der Waals surface area contributed by atoms with Crippen molar-refractivity contribution in [1.29, 1.82) is 0 Å². The van der Waals surface area contributed by atoms with Crippen LogP contribution in [0.15, 0.2) is 42.7 Å². The van der Waals surface area contributed by atoms with Crippen molar-refractivity contribution in [3.8, 4) is 0 Å².